The maximum atomic E-state index is 14.8. The fourth-order valence-corrected chi connectivity index (χ4v) is 7.52. The molecule has 0 aromatic heterocycles. The highest BCUT2D eigenvalue weighted by atomic mass is 19.2. The number of hydrogen-bond acceptors (Lipinski definition) is 0. The molecule has 0 radical (unpaired) electrons. The Morgan fingerprint density at radius 2 is 1.17 bits per heavy atom. The van der Waals surface area contributed by atoms with Gasteiger partial charge >= 0.3 is 0 Å². The molecule has 4 rings (SSSR count). The van der Waals surface area contributed by atoms with E-state index in [0.717, 1.165) is 31.2 Å². The zero-order valence-electron chi connectivity index (χ0n) is 30.4. The van der Waals surface area contributed by atoms with E-state index in [0.29, 0.717) is 17.8 Å². The maximum Gasteiger partial charge on any atom is 0.198 e. The Kier molecular flexibility index (Phi) is 14.4. The van der Waals surface area contributed by atoms with Crippen molar-refractivity contribution in [1.29, 1.82) is 0 Å². The predicted octanol–water partition coefficient (Wildman–Crippen LogP) is 14.4. The molecule has 258 valence electrons. The molecule has 0 fully saturated rings. The minimum atomic E-state index is -1.78. The van der Waals surface area contributed by atoms with E-state index < -0.39 is 23.3 Å². The molecule has 1 aliphatic rings. The normalized spacial score (nSPS) is 16.6. The molecule has 0 aliphatic heterocycles. The second-order valence-electron chi connectivity index (χ2n) is 13.7. The highest BCUT2D eigenvalue weighted by Gasteiger charge is 2.45. The lowest BCUT2D eigenvalue weighted by Crippen LogP contribution is -2.31. The lowest BCUT2D eigenvalue weighted by molar-refractivity contribution is 0.266. The summed E-state index contributed by atoms with van der Waals surface area (Å²) >= 11 is 0. The van der Waals surface area contributed by atoms with Gasteiger partial charge in [0.1, 0.15) is 0 Å². The third-order valence-corrected chi connectivity index (χ3v) is 10.4. The first-order chi connectivity index (χ1) is 22.5. The van der Waals surface area contributed by atoms with E-state index in [4.69, 9.17) is 0 Å². The molecule has 3 aromatic rings. The van der Waals surface area contributed by atoms with Gasteiger partial charge in [-0.25, -0.2) is 17.6 Å². The SMILES string of the molecule is CC.CCCCC(CC)CC1(CC(CC)CCCC)c2cc(/C=C/c3c(C)c(F)c(F)c(F)c3F)ccc2-c2ccc(C(C)C)cc21. The van der Waals surface area contributed by atoms with Gasteiger partial charge in [-0.05, 0) is 76.5 Å². The van der Waals surface area contributed by atoms with Crippen molar-refractivity contribution in [3.8, 4) is 11.1 Å². The lowest BCUT2D eigenvalue weighted by atomic mass is 9.64. The summed E-state index contributed by atoms with van der Waals surface area (Å²) in [6.45, 7) is 18.9. The van der Waals surface area contributed by atoms with E-state index in [2.05, 4.69) is 71.9 Å². The van der Waals surface area contributed by atoms with Crippen LogP contribution in [0.3, 0.4) is 0 Å². The van der Waals surface area contributed by atoms with E-state index >= 15 is 0 Å². The predicted molar refractivity (Wildman–Crippen MR) is 194 cm³/mol. The van der Waals surface area contributed by atoms with E-state index in [1.165, 1.54) is 79.3 Å². The van der Waals surface area contributed by atoms with Crippen molar-refractivity contribution in [2.45, 2.75) is 138 Å². The summed E-state index contributed by atoms with van der Waals surface area (Å²) in [5, 5.41) is 0. The van der Waals surface area contributed by atoms with Crippen LogP contribution in [0, 0.1) is 42.0 Å². The van der Waals surface area contributed by atoms with Crippen LogP contribution in [0.5, 0.6) is 0 Å². The average molecular weight is 651 g/mol. The molecule has 0 spiro atoms. The molecule has 0 heterocycles. The molecular formula is C43H58F4. The van der Waals surface area contributed by atoms with Crippen molar-refractivity contribution in [3.05, 3.63) is 93.0 Å². The minimum Gasteiger partial charge on any atom is -0.203 e. The highest BCUT2D eigenvalue weighted by molar-refractivity contribution is 5.84. The number of halogens is 4. The van der Waals surface area contributed by atoms with Crippen molar-refractivity contribution >= 4 is 12.2 Å². The van der Waals surface area contributed by atoms with Gasteiger partial charge in [-0.15, -0.1) is 0 Å². The van der Waals surface area contributed by atoms with E-state index in [9.17, 15) is 17.6 Å². The number of hydrogen-bond donors (Lipinski definition) is 0. The quantitative estimate of drug-likeness (QED) is 0.0664. The molecule has 0 nitrogen and oxygen atoms in total. The Bertz CT molecular complexity index is 1450. The molecule has 47 heavy (non-hydrogen) atoms. The summed E-state index contributed by atoms with van der Waals surface area (Å²) in [7, 11) is 0. The first-order valence-electron chi connectivity index (χ1n) is 18.3. The Balaban J connectivity index is 0.00000294. The van der Waals surface area contributed by atoms with Crippen LogP contribution in [0.4, 0.5) is 17.6 Å². The first-order valence-corrected chi connectivity index (χ1v) is 18.3. The van der Waals surface area contributed by atoms with Gasteiger partial charge in [0.25, 0.3) is 0 Å². The van der Waals surface area contributed by atoms with E-state index in [-0.39, 0.29) is 16.5 Å². The van der Waals surface area contributed by atoms with Crippen molar-refractivity contribution in [2.24, 2.45) is 11.8 Å². The fraction of sp³-hybridized carbons (Fsp3) is 0.535. The molecule has 2 unspecified atom stereocenters. The van der Waals surface area contributed by atoms with Crippen LogP contribution in [0.15, 0.2) is 36.4 Å². The van der Waals surface area contributed by atoms with Crippen LogP contribution in [-0.2, 0) is 5.41 Å². The summed E-state index contributed by atoms with van der Waals surface area (Å²) in [4.78, 5) is 0. The number of benzene rings is 3. The van der Waals surface area contributed by atoms with Crippen LogP contribution >= 0.6 is 0 Å². The van der Waals surface area contributed by atoms with Gasteiger partial charge in [-0.3, -0.25) is 0 Å². The average Bonchev–Trinajstić information content (AvgIpc) is 3.35. The molecular weight excluding hydrogens is 592 g/mol. The second kappa shape index (κ2) is 17.5. The number of fused-ring (bicyclic) bond motifs is 3. The van der Waals surface area contributed by atoms with Crippen molar-refractivity contribution in [1.82, 2.24) is 0 Å². The largest absolute Gasteiger partial charge is 0.203 e. The van der Waals surface area contributed by atoms with Gasteiger partial charge in [0.05, 0.1) is 0 Å². The van der Waals surface area contributed by atoms with Gasteiger partial charge < -0.3 is 0 Å². The molecule has 0 N–H and O–H groups in total. The minimum absolute atomic E-state index is 0.169. The Labute approximate surface area is 283 Å². The van der Waals surface area contributed by atoms with Gasteiger partial charge in [-0.2, -0.15) is 0 Å². The monoisotopic (exact) mass is 650 g/mol. The van der Waals surface area contributed by atoms with Crippen LogP contribution < -0.4 is 0 Å². The number of rotatable bonds is 15. The smallest absolute Gasteiger partial charge is 0.198 e. The lowest BCUT2D eigenvalue weighted by Gasteiger charge is -2.39. The highest BCUT2D eigenvalue weighted by Crippen LogP contribution is 2.57. The summed E-state index contributed by atoms with van der Waals surface area (Å²) in [6, 6.07) is 13.4. The van der Waals surface area contributed by atoms with Crippen molar-refractivity contribution < 1.29 is 17.6 Å². The van der Waals surface area contributed by atoms with Gasteiger partial charge in [0.2, 0.25) is 0 Å². The van der Waals surface area contributed by atoms with E-state index in [1.807, 2.05) is 19.9 Å². The fourth-order valence-electron chi connectivity index (χ4n) is 7.52. The van der Waals surface area contributed by atoms with Crippen molar-refractivity contribution in [2.75, 3.05) is 0 Å². The summed E-state index contributed by atoms with van der Waals surface area (Å²) in [5.74, 6) is -4.70. The van der Waals surface area contributed by atoms with Gasteiger partial charge in [0.15, 0.2) is 23.3 Å². The van der Waals surface area contributed by atoms with Crippen LogP contribution in [0.25, 0.3) is 23.3 Å². The molecule has 3 aromatic carbocycles. The maximum absolute atomic E-state index is 14.8. The van der Waals surface area contributed by atoms with Gasteiger partial charge in [0, 0.05) is 11.0 Å². The Hall–Kier alpha value is -2.88. The third kappa shape index (κ3) is 8.23. The van der Waals surface area contributed by atoms with Crippen LogP contribution in [0.1, 0.15) is 159 Å². The molecule has 1 aliphatic carbocycles. The van der Waals surface area contributed by atoms with E-state index in [1.54, 1.807) is 6.08 Å². The topological polar surface area (TPSA) is 0 Å². The molecule has 4 heteroatoms. The van der Waals surface area contributed by atoms with Crippen molar-refractivity contribution in [3.63, 3.8) is 0 Å². The zero-order valence-corrected chi connectivity index (χ0v) is 30.4. The zero-order chi connectivity index (χ0) is 34.9. The van der Waals surface area contributed by atoms with Crippen LogP contribution in [0.2, 0.25) is 0 Å². The molecule has 0 bridgehead atoms. The summed E-state index contributed by atoms with van der Waals surface area (Å²) in [5.41, 5.74) is 6.78. The summed E-state index contributed by atoms with van der Waals surface area (Å²) < 4.78 is 57.1. The Morgan fingerprint density at radius 1 is 0.660 bits per heavy atom. The van der Waals surface area contributed by atoms with Gasteiger partial charge in [-0.1, -0.05) is 155 Å². The molecule has 0 saturated heterocycles. The molecule has 0 amide bonds. The molecule has 0 saturated carbocycles. The standard InChI is InChI=1S/C41H52F4.C2H6/c1-8-12-14-28(10-3)24-41(25-29(11-4)15-13-9-2)35-22-30(16-19-32-27(7)37(42)39(44)40(45)38(32)43)17-20-33(35)34-21-18-31(26(5)6)23-36(34)41;1-2/h16-23,26,28-29H,8-15,24-25H2,1-7H3;1-2H3/b19-16+;. The first kappa shape index (κ1) is 38.6. The molecule has 2 atom stereocenters. The third-order valence-electron chi connectivity index (χ3n) is 10.4. The summed E-state index contributed by atoms with van der Waals surface area (Å²) in [6.07, 6.45) is 14.7. The number of unbranched alkanes of at least 4 members (excludes halogenated alkanes) is 2. The second-order valence-corrected chi connectivity index (χ2v) is 13.7. The Morgan fingerprint density at radius 3 is 1.68 bits per heavy atom. The van der Waals surface area contributed by atoms with Crippen LogP contribution in [-0.4, -0.2) is 0 Å².